The zero-order chi connectivity index (χ0) is 27.6. The molecule has 0 aromatic carbocycles. The summed E-state index contributed by atoms with van der Waals surface area (Å²) in [7, 11) is -5.67. The van der Waals surface area contributed by atoms with Crippen molar-refractivity contribution in [3.05, 3.63) is 0 Å². The standard InChI is InChI=1S/C26H42F2O8S/c1-14(4-7-22(32)36-13-26(27,28)37(33,34)35)17-5-6-18-23-19(12-21(31)25(17,18)3)24(2)9-8-16(29)10-15(24)11-20(23)30/h14-21,23,29-31H,4-13H2,1-3H3,(H,33,34,35)/t14?,15-,16+,17+,18-,19-,20+,21-,23-,24-,25+/m0/s1. The first kappa shape index (κ1) is 29.1. The Morgan fingerprint density at radius 1 is 1.08 bits per heavy atom. The molecule has 4 aliphatic rings. The molecule has 0 spiro atoms. The van der Waals surface area contributed by atoms with Gasteiger partial charge in [0.1, 0.15) is 0 Å². The van der Waals surface area contributed by atoms with E-state index in [2.05, 4.69) is 18.6 Å². The van der Waals surface area contributed by atoms with Gasteiger partial charge < -0.3 is 20.1 Å². The van der Waals surface area contributed by atoms with Crippen molar-refractivity contribution in [2.75, 3.05) is 6.61 Å². The highest BCUT2D eigenvalue weighted by molar-refractivity contribution is 7.86. The van der Waals surface area contributed by atoms with Gasteiger partial charge in [-0.2, -0.15) is 17.2 Å². The molecule has 0 amide bonds. The first-order valence-electron chi connectivity index (χ1n) is 13.6. The fraction of sp³-hybridized carbons (Fsp3) is 0.962. The predicted molar refractivity (Wildman–Crippen MR) is 130 cm³/mol. The number of hydrogen-bond donors (Lipinski definition) is 4. The summed E-state index contributed by atoms with van der Waals surface area (Å²) in [6, 6.07) is 0. The molecule has 0 aromatic rings. The van der Waals surface area contributed by atoms with Gasteiger partial charge >= 0.3 is 21.3 Å². The number of halogens is 2. The van der Waals surface area contributed by atoms with E-state index in [1.165, 1.54) is 0 Å². The highest BCUT2D eigenvalue weighted by atomic mass is 32.2. The van der Waals surface area contributed by atoms with Gasteiger partial charge in [0.2, 0.25) is 0 Å². The number of esters is 1. The second-order valence-corrected chi connectivity index (χ2v) is 14.4. The van der Waals surface area contributed by atoms with Crippen molar-refractivity contribution in [1.29, 1.82) is 0 Å². The lowest BCUT2D eigenvalue weighted by Crippen LogP contribution is -2.62. The van der Waals surface area contributed by atoms with Crippen LogP contribution in [-0.4, -0.2) is 64.4 Å². The Hall–Kier alpha value is -0.880. The van der Waals surface area contributed by atoms with Crippen LogP contribution in [0, 0.1) is 46.3 Å². The molecule has 4 saturated carbocycles. The van der Waals surface area contributed by atoms with Crippen molar-refractivity contribution in [2.24, 2.45) is 46.3 Å². The summed E-state index contributed by atoms with van der Waals surface area (Å²) in [4.78, 5) is 12.1. The summed E-state index contributed by atoms with van der Waals surface area (Å²) in [5, 5.41) is 28.6. The highest BCUT2D eigenvalue weighted by Crippen LogP contribution is 2.68. The van der Waals surface area contributed by atoms with Crippen molar-refractivity contribution in [2.45, 2.75) is 102 Å². The minimum atomic E-state index is -5.67. The van der Waals surface area contributed by atoms with Gasteiger partial charge in [0.15, 0.2) is 6.61 Å². The van der Waals surface area contributed by atoms with Crippen molar-refractivity contribution in [1.82, 2.24) is 0 Å². The molecule has 0 aromatic heterocycles. The number of aliphatic hydroxyl groups excluding tert-OH is 3. The summed E-state index contributed by atoms with van der Waals surface area (Å²) >= 11 is 0. The van der Waals surface area contributed by atoms with Crippen LogP contribution in [0.4, 0.5) is 8.78 Å². The Kier molecular flexibility index (Phi) is 7.82. The number of fused-ring (bicyclic) bond motifs is 5. The molecule has 37 heavy (non-hydrogen) atoms. The zero-order valence-electron chi connectivity index (χ0n) is 21.9. The van der Waals surface area contributed by atoms with Gasteiger partial charge in [0.25, 0.3) is 0 Å². The summed E-state index contributed by atoms with van der Waals surface area (Å²) < 4.78 is 61.1. The summed E-state index contributed by atoms with van der Waals surface area (Å²) in [5.74, 6) is -0.352. The first-order valence-corrected chi connectivity index (χ1v) is 15.0. The van der Waals surface area contributed by atoms with Crippen LogP contribution in [0.25, 0.3) is 0 Å². The van der Waals surface area contributed by atoms with E-state index in [1.54, 1.807) is 0 Å². The second-order valence-electron chi connectivity index (χ2n) is 12.8. The number of rotatable bonds is 7. The first-order chi connectivity index (χ1) is 17.0. The number of aliphatic hydroxyl groups is 3. The molecule has 4 rings (SSSR count). The van der Waals surface area contributed by atoms with Crippen molar-refractivity contribution < 1.29 is 46.6 Å². The van der Waals surface area contributed by atoms with Gasteiger partial charge in [0.05, 0.1) is 18.3 Å². The molecular weight excluding hydrogens is 510 g/mol. The Morgan fingerprint density at radius 3 is 2.41 bits per heavy atom. The largest absolute Gasteiger partial charge is 0.458 e. The molecule has 11 heteroatoms. The molecule has 0 heterocycles. The second kappa shape index (κ2) is 9.94. The van der Waals surface area contributed by atoms with Crippen LogP contribution in [0.2, 0.25) is 0 Å². The van der Waals surface area contributed by atoms with E-state index in [0.717, 1.165) is 25.7 Å². The lowest BCUT2D eigenvalue weighted by Gasteiger charge is -2.63. The van der Waals surface area contributed by atoms with Gasteiger partial charge in [-0.15, -0.1) is 0 Å². The minimum Gasteiger partial charge on any atom is -0.458 e. The van der Waals surface area contributed by atoms with E-state index in [0.29, 0.717) is 25.7 Å². The van der Waals surface area contributed by atoms with E-state index < -0.39 is 45.6 Å². The van der Waals surface area contributed by atoms with E-state index in [1.807, 2.05) is 6.92 Å². The maximum absolute atomic E-state index is 13.4. The third-order valence-electron chi connectivity index (χ3n) is 11.1. The number of alkyl halides is 2. The molecule has 0 radical (unpaired) electrons. The van der Waals surface area contributed by atoms with Gasteiger partial charge in [-0.1, -0.05) is 20.8 Å². The van der Waals surface area contributed by atoms with Crippen LogP contribution >= 0.6 is 0 Å². The Bertz CT molecular complexity index is 976. The van der Waals surface area contributed by atoms with Crippen LogP contribution in [0.5, 0.6) is 0 Å². The zero-order valence-corrected chi connectivity index (χ0v) is 22.7. The number of carbonyl (C=O) groups is 1. The smallest absolute Gasteiger partial charge is 0.402 e. The van der Waals surface area contributed by atoms with Crippen molar-refractivity contribution >= 4 is 16.1 Å². The average Bonchev–Trinajstić information content (AvgIpc) is 3.16. The van der Waals surface area contributed by atoms with E-state index in [4.69, 9.17) is 4.55 Å². The van der Waals surface area contributed by atoms with Gasteiger partial charge in [0, 0.05) is 6.42 Å². The number of ether oxygens (including phenoxy) is 1. The van der Waals surface area contributed by atoms with E-state index in [-0.39, 0.29) is 53.4 Å². The quantitative estimate of drug-likeness (QED) is 0.278. The normalized spacial score (nSPS) is 44.9. The molecule has 4 aliphatic carbocycles. The average molecular weight is 553 g/mol. The molecule has 0 bridgehead atoms. The van der Waals surface area contributed by atoms with Crippen molar-refractivity contribution in [3.8, 4) is 0 Å². The molecule has 4 fully saturated rings. The van der Waals surface area contributed by atoms with Gasteiger partial charge in [-0.25, -0.2) is 0 Å². The topological polar surface area (TPSA) is 141 Å². The summed E-state index contributed by atoms with van der Waals surface area (Å²) in [5.41, 5.74) is -0.482. The molecule has 0 saturated heterocycles. The SMILES string of the molecule is CC(CCC(=O)OCC(F)(F)S(=O)(=O)O)[C@H]1CC[C@H]2[C@@H]3[C@H](O)C[C@@H]4C[C@H](O)CC[C@]4(C)[C@H]3C[C@H](O)[C@]12C. The van der Waals surface area contributed by atoms with Gasteiger partial charge in [-0.05, 0) is 97.7 Å². The molecule has 214 valence electrons. The van der Waals surface area contributed by atoms with Crippen LogP contribution in [-0.2, 0) is 19.6 Å². The van der Waals surface area contributed by atoms with Crippen LogP contribution in [0.1, 0.15) is 78.6 Å². The lowest BCUT2D eigenvalue weighted by molar-refractivity contribution is -0.207. The maximum Gasteiger partial charge on any atom is 0.402 e. The Morgan fingerprint density at radius 2 is 1.76 bits per heavy atom. The third-order valence-corrected chi connectivity index (χ3v) is 12.0. The summed E-state index contributed by atoms with van der Waals surface area (Å²) in [6.45, 7) is 4.59. The lowest BCUT2D eigenvalue weighted by atomic mass is 9.43. The maximum atomic E-state index is 13.4. The molecular formula is C26H42F2O8S. The third kappa shape index (κ3) is 4.96. The van der Waals surface area contributed by atoms with Crippen LogP contribution in [0.3, 0.4) is 0 Å². The molecule has 4 N–H and O–H groups in total. The predicted octanol–water partition coefficient (Wildman–Crippen LogP) is 3.39. The van der Waals surface area contributed by atoms with Crippen LogP contribution in [0.15, 0.2) is 0 Å². The Balaban J connectivity index is 1.43. The molecule has 0 aliphatic heterocycles. The van der Waals surface area contributed by atoms with E-state index >= 15 is 0 Å². The minimum absolute atomic E-state index is 0.0248. The fourth-order valence-electron chi connectivity index (χ4n) is 8.99. The molecule has 8 nitrogen and oxygen atoms in total. The highest BCUT2D eigenvalue weighted by Gasteiger charge is 2.65. The van der Waals surface area contributed by atoms with E-state index in [9.17, 15) is 37.3 Å². The summed E-state index contributed by atoms with van der Waals surface area (Å²) in [6.07, 6.45) is 4.01. The van der Waals surface area contributed by atoms with Crippen molar-refractivity contribution in [3.63, 3.8) is 0 Å². The van der Waals surface area contributed by atoms with Crippen LogP contribution < -0.4 is 0 Å². The Labute approximate surface area is 217 Å². The monoisotopic (exact) mass is 552 g/mol. The molecule has 1 unspecified atom stereocenters. The fourth-order valence-corrected chi connectivity index (χ4v) is 9.20. The van der Waals surface area contributed by atoms with Gasteiger partial charge in [-0.3, -0.25) is 9.35 Å². The molecule has 11 atom stereocenters. The number of carbonyl (C=O) groups excluding carboxylic acids is 1. The number of hydrogen-bond acceptors (Lipinski definition) is 7.